The fourth-order valence-electron chi connectivity index (χ4n) is 3.77. The van der Waals surface area contributed by atoms with Crippen LogP contribution in [-0.2, 0) is 0 Å². The number of nitrogens with one attached hydrogen (secondary N) is 1. The van der Waals surface area contributed by atoms with Gasteiger partial charge in [-0.25, -0.2) is 0 Å². The molecule has 0 radical (unpaired) electrons. The number of carbonyl (C=O) groups excluding carboxylic acids is 1. The zero-order chi connectivity index (χ0) is 17.3. The van der Waals surface area contributed by atoms with Crippen molar-refractivity contribution in [1.29, 1.82) is 0 Å². The number of hydrogen-bond donors (Lipinski definition) is 1. The van der Waals surface area contributed by atoms with Crippen LogP contribution in [-0.4, -0.2) is 32.8 Å². The van der Waals surface area contributed by atoms with E-state index in [0.717, 1.165) is 16.8 Å². The van der Waals surface area contributed by atoms with Gasteiger partial charge in [0.1, 0.15) is 6.04 Å². The van der Waals surface area contributed by atoms with Crippen molar-refractivity contribution in [2.45, 2.75) is 6.04 Å². The second-order valence-corrected chi connectivity index (χ2v) is 6.25. The van der Waals surface area contributed by atoms with Crippen molar-refractivity contribution in [2.24, 2.45) is 0 Å². The predicted octanol–water partition coefficient (Wildman–Crippen LogP) is 2.02. The molecular weight excluding hydrogens is 334 g/mol. The molecule has 0 amide bonds. The molecule has 26 heavy (non-hydrogen) atoms. The molecule has 0 saturated carbocycles. The van der Waals surface area contributed by atoms with Crippen LogP contribution >= 0.6 is 0 Å². The monoisotopic (exact) mass is 345 g/mol. The van der Waals surface area contributed by atoms with E-state index in [-0.39, 0.29) is 12.6 Å². The molecule has 3 aromatic rings. The van der Waals surface area contributed by atoms with Crippen molar-refractivity contribution in [1.82, 2.24) is 20.2 Å². The summed E-state index contributed by atoms with van der Waals surface area (Å²) in [6.07, 6.45) is 0. The first-order valence-electron chi connectivity index (χ1n) is 8.14. The summed E-state index contributed by atoms with van der Waals surface area (Å²) in [5, 5.41) is 15.1. The summed E-state index contributed by atoms with van der Waals surface area (Å²) in [5.74, 6) is 1.82. The van der Waals surface area contributed by atoms with Crippen LogP contribution in [0, 0.1) is 0 Å². The number of ketones is 1. The van der Waals surface area contributed by atoms with E-state index in [0.29, 0.717) is 28.6 Å². The molecule has 0 spiro atoms. The van der Waals surface area contributed by atoms with E-state index in [1.54, 1.807) is 4.68 Å². The molecule has 1 aromatic heterocycles. The number of hydrogen-bond acceptors (Lipinski definition) is 7. The number of allylic oxidation sites excluding steroid dienone is 1. The highest BCUT2D eigenvalue weighted by Gasteiger charge is 2.41. The standard InChI is InChI=1S/C18H11N5O3/c24-17-11-4-2-1-3-10(11)15-14(17)16(23-18(19-15)20-21-22-23)9-5-6-12-13(7-9)26-8-25-12/h1-7,16H,8H2,(H,19,20,22)/t16-/m0/s1. The van der Waals surface area contributed by atoms with E-state index in [4.69, 9.17) is 9.47 Å². The fourth-order valence-corrected chi connectivity index (χ4v) is 3.77. The molecule has 3 aliphatic rings. The van der Waals surface area contributed by atoms with Gasteiger partial charge >= 0.3 is 0 Å². The Morgan fingerprint density at radius 3 is 2.85 bits per heavy atom. The van der Waals surface area contributed by atoms with Crippen LogP contribution in [0.1, 0.15) is 27.5 Å². The first-order chi connectivity index (χ1) is 12.8. The lowest BCUT2D eigenvalue weighted by molar-refractivity contribution is 0.102. The molecule has 2 aliphatic heterocycles. The van der Waals surface area contributed by atoms with E-state index >= 15 is 0 Å². The molecule has 0 saturated heterocycles. The highest BCUT2D eigenvalue weighted by molar-refractivity contribution is 6.23. The zero-order valence-electron chi connectivity index (χ0n) is 13.3. The van der Waals surface area contributed by atoms with E-state index in [9.17, 15) is 4.79 Å². The predicted molar refractivity (Wildman–Crippen MR) is 89.8 cm³/mol. The number of Topliss-reactive ketones (excluding diaryl/α,β-unsaturated/α-hetero) is 1. The largest absolute Gasteiger partial charge is 0.454 e. The first kappa shape index (κ1) is 13.6. The van der Waals surface area contributed by atoms with Gasteiger partial charge in [-0.15, -0.1) is 0 Å². The van der Waals surface area contributed by atoms with Gasteiger partial charge in [0.15, 0.2) is 17.3 Å². The minimum Gasteiger partial charge on any atom is -0.454 e. The Bertz CT molecular complexity index is 1130. The number of benzene rings is 2. The minimum absolute atomic E-state index is 0.0214. The molecule has 0 bridgehead atoms. The van der Waals surface area contributed by atoms with Crippen LogP contribution in [0.25, 0.3) is 5.70 Å². The number of carbonyl (C=O) groups is 1. The molecule has 8 heteroatoms. The molecule has 1 aliphatic carbocycles. The lowest BCUT2D eigenvalue weighted by Crippen LogP contribution is -2.25. The number of ether oxygens (including phenoxy) is 2. The molecular formula is C18H11N5O3. The number of anilines is 1. The van der Waals surface area contributed by atoms with Crippen molar-refractivity contribution in [3.8, 4) is 11.5 Å². The maximum atomic E-state index is 13.1. The summed E-state index contributed by atoms with van der Waals surface area (Å²) >= 11 is 0. The summed E-state index contributed by atoms with van der Waals surface area (Å²) in [5.41, 5.74) is 3.79. The minimum atomic E-state index is -0.439. The van der Waals surface area contributed by atoms with Crippen molar-refractivity contribution >= 4 is 17.4 Å². The summed E-state index contributed by atoms with van der Waals surface area (Å²) in [6, 6.07) is 12.7. The fraction of sp³-hybridized carbons (Fsp3) is 0.111. The first-order valence-corrected chi connectivity index (χ1v) is 8.14. The highest BCUT2D eigenvalue weighted by atomic mass is 16.7. The second-order valence-electron chi connectivity index (χ2n) is 6.25. The number of fused-ring (bicyclic) bond motifs is 4. The average molecular weight is 345 g/mol. The Hall–Kier alpha value is -3.68. The topological polar surface area (TPSA) is 91.2 Å². The second kappa shape index (κ2) is 4.69. The summed E-state index contributed by atoms with van der Waals surface area (Å²) < 4.78 is 12.5. The molecule has 6 rings (SSSR count). The van der Waals surface area contributed by atoms with E-state index in [1.165, 1.54) is 0 Å². The Labute approximate surface area is 147 Å². The molecule has 1 atom stereocenters. The highest BCUT2D eigenvalue weighted by Crippen LogP contribution is 2.46. The molecule has 2 aromatic carbocycles. The van der Waals surface area contributed by atoms with E-state index < -0.39 is 6.04 Å². The molecule has 1 N–H and O–H groups in total. The third kappa shape index (κ3) is 1.62. The van der Waals surface area contributed by atoms with E-state index in [1.807, 2.05) is 42.5 Å². The third-order valence-electron chi connectivity index (χ3n) is 4.91. The quantitative estimate of drug-likeness (QED) is 0.721. The van der Waals surface area contributed by atoms with Crippen molar-refractivity contribution in [3.05, 3.63) is 64.7 Å². The Kier molecular flexibility index (Phi) is 2.45. The lowest BCUT2D eigenvalue weighted by atomic mass is 9.94. The van der Waals surface area contributed by atoms with Crippen LogP contribution < -0.4 is 14.8 Å². The molecule has 0 unspecified atom stereocenters. The Balaban J connectivity index is 1.59. The van der Waals surface area contributed by atoms with Gasteiger partial charge in [-0.05, 0) is 28.1 Å². The van der Waals surface area contributed by atoms with Crippen LogP contribution in [0.15, 0.2) is 48.0 Å². The summed E-state index contributed by atoms with van der Waals surface area (Å²) in [7, 11) is 0. The SMILES string of the molecule is O=C1C2=C(Nc3nnnn3[C@H]2c2ccc3c(c2)OCO3)c2ccccc21. The average Bonchev–Trinajstić information content (AvgIpc) is 3.39. The summed E-state index contributed by atoms with van der Waals surface area (Å²) in [6.45, 7) is 0.194. The van der Waals surface area contributed by atoms with Crippen molar-refractivity contribution in [3.63, 3.8) is 0 Å². The molecule has 8 nitrogen and oxygen atoms in total. The van der Waals surface area contributed by atoms with Crippen LogP contribution in [0.4, 0.5) is 5.95 Å². The van der Waals surface area contributed by atoms with Gasteiger partial charge < -0.3 is 14.8 Å². The molecule has 3 heterocycles. The Morgan fingerprint density at radius 1 is 1.08 bits per heavy atom. The maximum Gasteiger partial charge on any atom is 0.248 e. The van der Waals surface area contributed by atoms with Crippen LogP contribution in [0.3, 0.4) is 0 Å². The van der Waals surface area contributed by atoms with E-state index in [2.05, 4.69) is 20.8 Å². The van der Waals surface area contributed by atoms with Crippen LogP contribution in [0.2, 0.25) is 0 Å². The summed E-state index contributed by atoms with van der Waals surface area (Å²) in [4.78, 5) is 13.1. The van der Waals surface area contributed by atoms with Gasteiger partial charge in [0, 0.05) is 11.1 Å². The van der Waals surface area contributed by atoms with Crippen molar-refractivity contribution in [2.75, 3.05) is 12.1 Å². The third-order valence-corrected chi connectivity index (χ3v) is 4.91. The van der Waals surface area contributed by atoms with Gasteiger partial charge in [-0.3, -0.25) is 4.79 Å². The zero-order valence-corrected chi connectivity index (χ0v) is 13.3. The number of tetrazole rings is 1. The molecule has 126 valence electrons. The Morgan fingerprint density at radius 2 is 1.92 bits per heavy atom. The van der Waals surface area contributed by atoms with Gasteiger partial charge in [0.05, 0.1) is 11.3 Å². The number of aromatic nitrogens is 4. The maximum absolute atomic E-state index is 13.1. The molecule has 0 fully saturated rings. The van der Waals surface area contributed by atoms with Gasteiger partial charge in [0.2, 0.25) is 12.7 Å². The smallest absolute Gasteiger partial charge is 0.248 e. The van der Waals surface area contributed by atoms with Gasteiger partial charge in [-0.1, -0.05) is 35.4 Å². The lowest BCUT2D eigenvalue weighted by Gasteiger charge is -2.25. The van der Waals surface area contributed by atoms with Gasteiger partial charge in [0.25, 0.3) is 0 Å². The normalized spacial score (nSPS) is 19.1. The number of nitrogens with zero attached hydrogens (tertiary/aromatic N) is 4. The van der Waals surface area contributed by atoms with Crippen LogP contribution in [0.5, 0.6) is 11.5 Å². The number of rotatable bonds is 1. The van der Waals surface area contributed by atoms with Gasteiger partial charge in [-0.2, -0.15) is 4.68 Å². The van der Waals surface area contributed by atoms with Crippen molar-refractivity contribution < 1.29 is 14.3 Å².